The van der Waals surface area contributed by atoms with Crippen LogP contribution >= 0.6 is 11.6 Å². The van der Waals surface area contributed by atoms with Gasteiger partial charge in [-0.05, 0) is 36.2 Å². The number of carbonyl (C=O) groups is 2. The molecule has 0 saturated carbocycles. The van der Waals surface area contributed by atoms with Crippen LogP contribution in [0.15, 0.2) is 48.5 Å². The average Bonchev–Trinajstić information content (AvgIpc) is 2.54. The van der Waals surface area contributed by atoms with Crippen molar-refractivity contribution >= 4 is 29.1 Å². The fourth-order valence-electron chi connectivity index (χ4n) is 1.93. The fraction of sp³-hybridized carbons (Fsp3) is 0.176. The molecule has 4 nitrogen and oxygen atoms in total. The molecule has 0 radical (unpaired) electrons. The van der Waals surface area contributed by atoms with E-state index in [0.29, 0.717) is 16.3 Å². The summed E-state index contributed by atoms with van der Waals surface area (Å²) in [6.07, 6.45) is 0.947. The standard InChI is InChI=1S/C17H17ClN2O2/c1-2-12-7-9-13(10-8-12)20-16(21)11-19-17(22)14-5-3-4-6-15(14)18/h3-10H,2,11H2,1H3,(H,19,22)(H,20,21). The Morgan fingerprint density at radius 1 is 1.05 bits per heavy atom. The van der Waals surface area contributed by atoms with Crippen LogP contribution in [0.4, 0.5) is 5.69 Å². The Hall–Kier alpha value is -2.33. The van der Waals surface area contributed by atoms with Gasteiger partial charge in [-0.2, -0.15) is 0 Å². The minimum absolute atomic E-state index is 0.112. The topological polar surface area (TPSA) is 58.2 Å². The molecule has 2 N–H and O–H groups in total. The van der Waals surface area contributed by atoms with Crippen molar-refractivity contribution in [2.45, 2.75) is 13.3 Å². The Bertz CT molecular complexity index is 669. The van der Waals surface area contributed by atoms with Crippen LogP contribution in [0.1, 0.15) is 22.8 Å². The highest BCUT2D eigenvalue weighted by atomic mass is 35.5. The first-order valence-corrected chi connectivity index (χ1v) is 7.39. The summed E-state index contributed by atoms with van der Waals surface area (Å²) in [5, 5.41) is 5.63. The third-order valence-corrected chi connectivity index (χ3v) is 3.50. The van der Waals surface area contributed by atoms with Crippen molar-refractivity contribution < 1.29 is 9.59 Å². The summed E-state index contributed by atoms with van der Waals surface area (Å²) in [6.45, 7) is 1.96. The van der Waals surface area contributed by atoms with Crippen LogP contribution in [-0.4, -0.2) is 18.4 Å². The maximum Gasteiger partial charge on any atom is 0.253 e. The molecule has 0 aromatic heterocycles. The molecule has 2 aromatic rings. The van der Waals surface area contributed by atoms with Crippen LogP contribution in [0.3, 0.4) is 0 Å². The van der Waals surface area contributed by atoms with Gasteiger partial charge in [0.05, 0.1) is 17.1 Å². The summed E-state index contributed by atoms with van der Waals surface area (Å²) in [4.78, 5) is 23.8. The van der Waals surface area contributed by atoms with Gasteiger partial charge in [-0.1, -0.05) is 42.8 Å². The van der Waals surface area contributed by atoms with Crippen molar-refractivity contribution in [3.05, 3.63) is 64.7 Å². The van der Waals surface area contributed by atoms with E-state index in [1.54, 1.807) is 24.3 Å². The molecule has 0 unspecified atom stereocenters. The van der Waals surface area contributed by atoms with Crippen LogP contribution in [0.5, 0.6) is 0 Å². The van der Waals surface area contributed by atoms with Crippen molar-refractivity contribution in [3.63, 3.8) is 0 Å². The molecule has 114 valence electrons. The molecule has 2 amide bonds. The first-order valence-electron chi connectivity index (χ1n) is 7.01. The SMILES string of the molecule is CCc1ccc(NC(=O)CNC(=O)c2ccccc2Cl)cc1. The Balaban J connectivity index is 1.87. The minimum Gasteiger partial charge on any atom is -0.343 e. The Labute approximate surface area is 134 Å². The lowest BCUT2D eigenvalue weighted by atomic mass is 10.1. The van der Waals surface area contributed by atoms with E-state index in [1.165, 1.54) is 5.56 Å². The van der Waals surface area contributed by atoms with Crippen LogP contribution in [0.25, 0.3) is 0 Å². The van der Waals surface area contributed by atoms with Gasteiger partial charge in [-0.15, -0.1) is 0 Å². The van der Waals surface area contributed by atoms with Crippen LogP contribution in [0, 0.1) is 0 Å². The molecule has 0 aliphatic heterocycles. The summed E-state index contributed by atoms with van der Waals surface area (Å²) in [7, 11) is 0. The zero-order chi connectivity index (χ0) is 15.9. The molecule has 0 aliphatic carbocycles. The van der Waals surface area contributed by atoms with Gasteiger partial charge in [0, 0.05) is 5.69 Å². The largest absolute Gasteiger partial charge is 0.343 e. The van der Waals surface area contributed by atoms with Crippen molar-refractivity contribution in [2.75, 3.05) is 11.9 Å². The smallest absolute Gasteiger partial charge is 0.253 e. The lowest BCUT2D eigenvalue weighted by Crippen LogP contribution is -2.33. The molecule has 0 heterocycles. The van der Waals surface area contributed by atoms with Gasteiger partial charge >= 0.3 is 0 Å². The number of aryl methyl sites for hydroxylation is 1. The van der Waals surface area contributed by atoms with Gasteiger partial charge in [0.15, 0.2) is 0 Å². The Morgan fingerprint density at radius 3 is 2.36 bits per heavy atom. The van der Waals surface area contributed by atoms with Crippen molar-refractivity contribution in [1.29, 1.82) is 0 Å². The van der Waals surface area contributed by atoms with Crippen molar-refractivity contribution in [2.24, 2.45) is 0 Å². The van der Waals surface area contributed by atoms with Crippen LogP contribution in [0.2, 0.25) is 5.02 Å². The minimum atomic E-state index is -0.373. The lowest BCUT2D eigenvalue weighted by molar-refractivity contribution is -0.115. The normalized spacial score (nSPS) is 10.1. The quantitative estimate of drug-likeness (QED) is 0.889. The molecule has 2 rings (SSSR count). The first kappa shape index (κ1) is 16.0. The summed E-state index contributed by atoms with van der Waals surface area (Å²) in [5.41, 5.74) is 2.25. The first-order chi connectivity index (χ1) is 10.6. The number of anilines is 1. The van der Waals surface area contributed by atoms with E-state index >= 15 is 0 Å². The van der Waals surface area contributed by atoms with Crippen molar-refractivity contribution in [1.82, 2.24) is 5.32 Å². The average molecular weight is 317 g/mol. The predicted molar refractivity (Wildman–Crippen MR) is 88.2 cm³/mol. The highest BCUT2D eigenvalue weighted by molar-refractivity contribution is 6.33. The maximum atomic E-state index is 11.9. The second kappa shape index (κ2) is 7.61. The van der Waals surface area contributed by atoms with E-state index in [4.69, 9.17) is 11.6 Å². The van der Waals surface area contributed by atoms with Gasteiger partial charge in [0.25, 0.3) is 5.91 Å². The van der Waals surface area contributed by atoms with E-state index in [1.807, 2.05) is 24.3 Å². The molecule has 0 saturated heterocycles. The molecule has 0 fully saturated rings. The van der Waals surface area contributed by atoms with Gasteiger partial charge < -0.3 is 10.6 Å². The second-order valence-electron chi connectivity index (χ2n) is 4.76. The fourth-order valence-corrected chi connectivity index (χ4v) is 2.15. The second-order valence-corrected chi connectivity index (χ2v) is 5.17. The van der Waals surface area contributed by atoms with Gasteiger partial charge in [-0.3, -0.25) is 9.59 Å². The van der Waals surface area contributed by atoms with E-state index < -0.39 is 0 Å². The number of benzene rings is 2. The number of halogens is 1. The lowest BCUT2D eigenvalue weighted by Gasteiger charge is -2.08. The molecular weight excluding hydrogens is 300 g/mol. The highest BCUT2D eigenvalue weighted by Gasteiger charge is 2.11. The van der Waals surface area contributed by atoms with Crippen molar-refractivity contribution in [3.8, 4) is 0 Å². The number of amides is 2. The predicted octanol–water partition coefficient (Wildman–Crippen LogP) is 3.27. The van der Waals surface area contributed by atoms with Gasteiger partial charge in [0.1, 0.15) is 0 Å². The molecule has 2 aromatic carbocycles. The summed E-state index contributed by atoms with van der Waals surface area (Å²) in [5.74, 6) is -0.660. The summed E-state index contributed by atoms with van der Waals surface area (Å²) < 4.78 is 0. The van der Waals surface area contributed by atoms with Crippen LogP contribution < -0.4 is 10.6 Å². The highest BCUT2D eigenvalue weighted by Crippen LogP contribution is 2.14. The number of rotatable bonds is 5. The molecule has 0 aliphatic rings. The molecule has 0 spiro atoms. The van der Waals surface area contributed by atoms with E-state index in [-0.39, 0.29) is 18.4 Å². The third-order valence-electron chi connectivity index (χ3n) is 3.17. The Kier molecular flexibility index (Phi) is 5.55. The molecular formula is C17H17ClN2O2. The zero-order valence-corrected chi connectivity index (χ0v) is 13.0. The number of nitrogens with one attached hydrogen (secondary N) is 2. The van der Waals surface area contributed by atoms with E-state index in [0.717, 1.165) is 6.42 Å². The zero-order valence-electron chi connectivity index (χ0n) is 12.2. The van der Waals surface area contributed by atoms with Gasteiger partial charge in [0.2, 0.25) is 5.91 Å². The maximum absolute atomic E-state index is 11.9. The number of carbonyl (C=O) groups excluding carboxylic acids is 2. The number of hydrogen-bond donors (Lipinski definition) is 2. The summed E-state index contributed by atoms with van der Waals surface area (Å²) >= 11 is 5.93. The number of hydrogen-bond acceptors (Lipinski definition) is 2. The molecule has 0 atom stereocenters. The Morgan fingerprint density at radius 2 is 1.73 bits per heavy atom. The van der Waals surface area contributed by atoms with Gasteiger partial charge in [-0.25, -0.2) is 0 Å². The summed E-state index contributed by atoms with van der Waals surface area (Å²) in [6, 6.07) is 14.3. The monoisotopic (exact) mass is 316 g/mol. The van der Waals surface area contributed by atoms with E-state index in [9.17, 15) is 9.59 Å². The molecule has 22 heavy (non-hydrogen) atoms. The third kappa shape index (κ3) is 4.33. The molecule has 0 bridgehead atoms. The van der Waals surface area contributed by atoms with Crippen LogP contribution in [-0.2, 0) is 11.2 Å². The molecule has 5 heteroatoms. The van der Waals surface area contributed by atoms with E-state index in [2.05, 4.69) is 17.6 Å².